The first-order valence-electron chi connectivity index (χ1n) is 7.44. The van der Waals surface area contributed by atoms with Crippen LogP contribution in [0.3, 0.4) is 0 Å². The van der Waals surface area contributed by atoms with Crippen LogP contribution in [0.25, 0.3) is 0 Å². The van der Waals surface area contributed by atoms with Gasteiger partial charge in [-0.1, -0.05) is 6.07 Å². The third-order valence-corrected chi connectivity index (χ3v) is 3.58. The number of ether oxygens (including phenoxy) is 1. The molecule has 0 spiro atoms. The summed E-state index contributed by atoms with van der Waals surface area (Å²) in [6.45, 7) is 6.25. The topological polar surface area (TPSA) is 45.1 Å². The normalized spacial score (nSPS) is 10.9. The zero-order chi connectivity index (χ0) is 15.9. The minimum Gasteiger partial charge on any atom is -0.504 e. The second-order valence-corrected chi connectivity index (χ2v) is 4.84. The number of aliphatic imine (C=N–C) groups is 1. The van der Waals surface area contributed by atoms with Crippen LogP contribution in [0.1, 0.15) is 19.4 Å². The van der Waals surface area contributed by atoms with E-state index in [0.29, 0.717) is 11.3 Å². The SMILES string of the molecule is CCN(CC)c1ccc(N=Cc2cccc(OC)c2O)cc1. The van der Waals surface area contributed by atoms with E-state index in [1.807, 2.05) is 18.2 Å². The molecule has 0 unspecified atom stereocenters. The van der Waals surface area contributed by atoms with Crippen molar-refractivity contribution in [3.63, 3.8) is 0 Å². The van der Waals surface area contributed by atoms with Crippen LogP contribution in [-0.4, -0.2) is 31.5 Å². The Kier molecular flexibility index (Phi) is 5.42. The highest BCUT2D eigenvalue weighted by molar-refractivity contribution is 5.86. The molecule has 0 heterocycles. The number of aromatic hydroxyl groups is 1. The quantitative estimate of drug-likeness (QED) is 0.820. The van der Waals surface area contributed by atoms with Crippen LogP contribution in [0.5, 0.6) is 11.5 Å². The van der Waals surface area contributed by atoms with Gasteiger partial charge < -0.3 is 14.7 Å². The zero-order valence-corrected chi connectivity index (χ0v) is 13.3. The number of para-hydroxylation sites is 1. The lowest BCUT2D eigenvalue weighted by atomic mass is 10.2. The summed E-state index contributed by atoms with van der Waals surface area (Å²) in [5.41, 5.74) is 2.67. The molecule has 0 radical (unpaired) electrons. The highest BCUT2D eigenvalue weighted by Crippen LogP contribution is 2.28. The predicted molar refractivity (Wildman–Crippen MR) is 91.9 cm³/mol. The summed E-state index contributed by atoms with van der Waals surface area (Å²) < 4.78 is 5.09. The van der Waals surface area contributed by atoms with E-state index in [9.17, 15) is 5.11 Å². The Hall–Kier alpha value is -2.49. The number of hydrogen-bond donors (Lipinski definition) is 1. The van der Waals surface area contributed by atoms with Gasteiger partial charge in [-0.25, -0.2) is 0 Å². The molecule has 0 aliphatic heterocycles. The lowest BCUT2D eigenvalue weighted by Crippen LogP contribution is -2.21. The molecule has 0 saturated heterocycles. The van der Waals surface area contributed by atoms with Crippen molar-refractivity contribution in [1.29, 1.82) is 0 Å². The number of methoxy groups -OCH3 is 1. The second-order valence-electron chi connectivity index (χ2n) is 4.84. The Morgan fingerprint density at radius 2 is 1.77 bits per heavy atom. The van der Waals surface area contributed by atoms with Gasteiger partial charge >= 0.3 is 0 Å². The third kappa shape index (κ3) is 3.58. The molecule has 116 valence electrons. The highest BCUT2D eigenvalue weighted by Gasteiger charge is 2.05. The van der Waals surface area contributed by atoms with Crippen molar-refractivity contribution in [3.05, 3.63) is 48.0 Å². The second kappa shape index (κ2) is 7.50. The molecule has 0 atom stereocenters. The fourth-order valence-electron chi connectivity index (χ4n) is 2.29. The Morgan fingerprint density at radius 3 is 2.36 bits per heavy atom. The first kappa shape index (κ1) is 15.9. The van der Waals surface area contributed by atoms with E-state index < -0.39 is 0 Å². The van der Waals surface area contributed by atoms with Gasteiger partial charge in [0.1, 0.15) is 0 Å². The van der Waals surface area contributed by atoms with Gasteiger partial charge in [-0.05, 0) is 50.2 Å². The Bertz CT molecular complexity index is 632. The van der Waals surface area contributed by atoms with Gasteiger partial charge in [0.05, 0.1) is 12.8 Å². The van der Waals surface area contributed by atoms with Crippen molar-refractivity contribution in [3.8, 4) is 11.5 Å². The molecule has 4 nitrogen and oxygen atoms in total. The molecule has 2 aromatic carbocycles. The molecule has 0 aliphatic carbocycles. The summed E-state index contributed by atoms with van der Waals surface area (Å²) in [7, 11) is 1.53. The fourth-order valence-corrected chi connectivity index (χ4v) is 2.29. The van der Waals surface area contributed by atoms with Gasteiger partial charge in [0.2, 0.25) is 0 Å². The molecular weight excluding hydrogens is 276 g/mol. The molecule has 0 amide bonds. The Morgan fingerprint density at radius 1 is 1.09 bits per heavy atom. The number of anilines is 1. The summed E-state index contributed by atoms with van der Waals surface area (Å²) in [6, 6.07) is 13.4. The monoisotopic (exact) mass is 298 g/mol. The van der Waals surface area contributed by atoms with E-state index >= 15 is 0 Å². The first-order chi connectivity index (χ1) is 10.7. The minimum absolute atomic E-state index is 0.105. The average Bonchev–Trinajstić information content (AvgIpc) is 2.56. The summed E-state index contributed by atoms with van der Waals surface area (Å²) in [4.78, 5) is 6.68. The van der Waals surface area contributed by atoms with Crippen LogP contribution in [-0.2, 0) is 0 Å². The molecule has 1 N–H and O–H groups in total. The number of rotatable bonds is 6. The van der Waals surface area contributed by atoms with Crippen LogP contribution in [0.4, 0.5) is 11.4 Å². The van der Waals surface area contributed by atoms with Gasteiger partial charge in [-0.2, -0.15) is 0 Å². The van der Waals surface area contributed by atoms with Gasteiger partial charge in [0.25, 0.3) is 0 Å². The zero-order valence-electron chi connectivity index (χ0n) is 13.3. The van der Waals surface area contributed by atoms with Crippen LogP contribution >= 0.6 is 0 Å². The van der Waals surface area contributed by atoms with Gasteiger partial charge in [-0.15, -0.1) is 0 Å². The summed E-state index contributed by atoms with van der Waals surface area (Å²) >= 11 is 0. The van der Waals surface area contributed by atoms with E-state index in [-0.39, 0.29) is 5.75 Å². The molecule has 0 aromatic heterocycles. The van der Waals surface area contributed by atoms with E-state index in [4.69, 9.17) is 4.74 Å². The highest BCUT2D eigenvalue weighted by atomic mass is 16.5. The van der Waals surface area contributed by atoms with E-state index in [1.54, 1.807) is 18.3 Å². The van der Waals surface area contributed by atoms with Crippen molar-refractivity contribution >= 4 is 17.6 Å². The molecule has 0 fully saturated rings. The molecule has 4 heteroatoms. The number of phenols is 1. The van der Waals surface area contributed by atoms with E-state index in [2.05, 4.69) is 35.9 Å². The summed E-state index contributed by atoms with van der Waals surface area (Å²) in [5.74, 6) is 0.550. The lowest BCUT2D eigenvalue weighted by molar-refractivity contribution is 0.373. The molecular formula is C18H22N2O2. The van der Waals surface area contributed by atoms with Crippen LogP contribution in [0.15, 0.2) is 47.5 Å². The summed E-state index contributed by atoms with van der Waals surface area (Å²) in [5, 5.41) is 10.0. The number of benzene rings is 2. The maximum absolute atomic E-state index is 10.0. The molecule has 0 saturated carbocycles. The van der Waals surface area contributed by atoms with Crippen LogP contribution < -0.4 is 9.64 Å². The molecule has 2 aromatic rings. The average molecular weight is 298 g/mol. The van der Waals surface area contributed by atoms with Crippen molar-refractivity contribution in [1.82, 2.24) is 0 Å². The van der Waals surface area contributed by atoms with Crippen LogP contribution in [0, 0.1) is 0 Å². The largest absolute Gasteiger partial charge is 0.504 e. The van der Waals surface area contributed by atoms with Gasteiger partial charge in [0.15, 0.2) is 11.5 Å². The molecule has 2 rings (SSSR count). The van der Waals surface area contributed by atoms with Crippen molar-refractivity contribution in [2.75, 3.05) is 25.1 Å². The molecule has 22 heavy (non-hydrogen) atoms. The van der Waals surface area contributed by atoms with Crippen molar-refractivity contribution in [2.24, 2.45) is 4.99 Å². The predicted octanol–water partition coefficient (Wildman–Crippen LogP) is 4.00. The minimum atomic E-state index is 0.105. The fraction of sp³-hybridized carbons (Fsp3) is 0.278. The first-order valence-corrected chi connectivity index (χ1v) is 7.44. The number of hydrogen-bond acceptors (Lipinski definition) is 4. The van der Waals surface area contributed by atoms with E-state index in [1.165, 1.54) is 12.8 Å². The number of phenolic OH excluding ortho intramolecular Hbond substituents is 1. The van der Waals surface area contributed by atoms with E-state index in [0.717, 1.165) is 18.8 Å². The van der Waals surface area contributed by atoms with Crippen LogP contribution in [0.2, 0.25) is 0 Å². The maximum Gasteiger partial charge on any atom is 0.166 e. The molecule has 0 bridgehead atoms. The van der Waals surface area contributed by atoms with Gasteiger partial charge in [0, 0.05) is 30.6 Å². The smallest absolute Gasteiger partial charge is 0.166 e. The lowest BCUT2D eigenvalue weighted by Gasteiger charge is -2.20. The molecule has 0 aliphatic rings. The number of nitrogens with zero attached hydrogens (tertiary/aromatic N) is 2. The van der Waals surface area contributed by atoms with Crippen molar-refractivity contribution in [2.45, 2.75) is 13.8 Å². The van der Waals surface area contributed by atoms with Gasteiger partial charge in [-0.3, -0.25) is 4.99 Å². The Balaban J connectivity index is 2.17. The standard InChI is InChI=1S/C18H22N2O2/c1-4-20(5-2)16-11-9-15(10-12-16)19-13-14-7-6-8-17(22-3)18(14)21/h6-13,21H,4-5H2,1-3H3. The third-order valence-electron chi connectivity index (χ3n) is 3.58. The maximum atomic E-state index is 10.0. The van der Waals surface area contributed by atoms with Crippen molar-refractivity contribution < 1.29 is 9.84 Å². The summed E-state index contributed by atoms with van der Waals surface area (Å²) in [6.07, 6.45) is 1.64. The Labute approximate surface area is 131 Å².